The molecule has 4 aliphatic rings. The van der Waals surface area contributed by atoms with Crippen LogP contribution in [-0.4, -0.2) is 94.8 Å². The van der Waals surface area contributed by atoms with Gasteiger partial charge in [-0.05, 0) is 105 Å². The minimum Gasteiger partial charge on any atom is -0.343 e. The number of hydrogen-bond donors (Lipinski definition) is 1. The summed E-state index contributed by atoms with van der Waals surface area (Å²) in [6.45, 7) is 5.66. The third-order valence-electron chi connectivity index (χ3n) is 11.4. The first-order valence-corrected chi connectivity index (χ1v) is 17.6. The number of rotatable bonds is 7. The number of fused-ring (bicyclic) bond motifs is 2. The molecule has 0 spiro atoms. The molecule has 1 atom stereocenters. The van der Waals surface area contributed by atoms with E-state index in [1.54, 1.807) is 12.4 Å². The minimum absolute atomic E-state index is 0.0442. The van der Waals surface area contributed by atoms with E-state index in [4.69, 9.17) is 0 Å². The van der Waals surface area contributed by atoms with Crippen molar-refractivity contribution in [2.75, 3.05) is 51.6 Å². The first-order chi connectivity index (χ1) is 22.9. The van der Waals surface area contributed by atoms with Crippen molar-refractivity contribution in [1.29, 1.82) is 0 Å². The lowest BCUT2D eigenvalue weighted by molar-refractivity contribution is -0.143. The van der Waals surface area contributed by atoms with Gasteiger partial charge in [0.15, 0.2) is 0 Å². The van der Waals surface area contributed by atoms with Gasteiger partial charge in [-0.25, -0.2) is 4.79 Å². The summed E-state index contributed by atoms with van der Waals surface area (Å²) in [5.74, 6) is 1.23. The lowest BCUT2D eigenvalue weighted by Gasteiger charge is -2.41. The van der Waals surface area contributed by atoms with Crippen LogP contribution in [0.5, 0.6) is 0 Å². The van der Waals surface area contributed by atoms with Crippen molar-refractivity contribution in [2.45, 2.75) is 64.0 Å². The van der Waals surface area contributed by atoms with Crippen LogP contribution >= 0.6 is 0 Å². The number of nitrogens with zero attached hydrogens (tertiary/aromatic N) is 5. The van der Waals surface area contributed by atoms with Crippen molar-refractivity contribution >= 4 is 34.3 Å². The lowest BCUT2D eigenvalue weighted by Crippen LogP contribution is -2.51. The molecule has 1 aromatic heterocycles. The predicted molar refractivity (Wildman–Crippen MR) is 184 cm³/mol. The monoisotopic (exact) mass is 636 g/mol. The quantitative estimate of drug-likeness (QED) is 0.375. The first kappa shape index (κ1) is 31.6. The predicted octanol–water partition coefficient (Wildman–Crippen LogP) is 5.40. The zero-order valence-corrected chi connectivity index (χ0v) is 27.7. The molecule has 2 aromatic carbocycles. The zero-order valence-electron chi connectivity index (χ0n) is 27.7. The molecule has 9 nitrogen and oxygen atoms in total. The summed E-state index contributed by atoms with van der Waals surface area (Å²) in [7, 11) is 2.21. The van der Waals surface area contributed by atoms with Crippen LogP contribution in [0.2, 0.25) is 0 Å². The third kappa shape index (κ3) is 7.00. The van der Waals surface area contributed by atoms with Crippen molar-refractivity contribution in [2.24, 2.45) is 17.8 Å². The topological polar surface area (TPSA) is 89.1 Å². The van der Waals surface area contributed by atoms with Gasteiger partial charge in [-0.2, -0.15) is 0 Å². The number of amides is 4. The minimum atomic E-state index is -0.399. The molecule has 1 N–H and O–H groups in total. The smallest absolute Gasteiger partial charge is 0.322 e. The average Bonchev–Trinajstić information content (AvgIpc) is 3.11. The molecule has 5 heterocycles. The number of carbonyl (C=O) groups is 3. The number of pyridine rings is 1. The molecule has 248 valence electrons. The van der Waals surface area contributed by atoms with Gasteiger partial charge in [0.2, 0.25) is 11.8 Å². The molecule has 9 heteroatoms. The van der Waals surface area contributed by atoms with Crippen molar-refractivity contribution in [3.8, 4) is 0 Å². The summed E-state index contributed by atoms with van der Waals surface area (Å²) in [5, 5.41) is 5.28. The van der Waals surface area contributed by atoms with Crippen LogP contribution in [0.25, 0.3) is 10.8 Å². The second-order valence-corrected chi connectivity index (χ2v) is 14.2. The van der Waals surface area contributed by atoms with Crippen LogP contribution in [0.4, 0.5) is 10.5 Å². The van der Waals surface area contributed by atoms with Gasteiger partial charge < -0.3 is 24.9 Å². The standard InChI is InChI=1S/C38H48N6O3/c1-41-17-10-27(11-18-41)28-12-19-43(20-13-28)37(46)32(23-30-7-4-6-29-5-2-3-8-34(29)30)24-36(45)42-21-14-33(15-22-42)44-26-31-9-16-39-25-35(31)40-38(44)47/h2-9,16,25,27-28,32-33H,10-15,17-24,26H2,1H3,(H,40,47). The van der Waals surface area contributed by atoms with Gasteiger partial charge in [-0.3, -0.25) is 14.6 Å². The SMILES string of the molecule is CN1CCC(C2CCN(C(=O)C(CC(=O)N3CCC(N4Cc5ccncc5NC4=O)CC3)Cc3cccc4ccccc34)CC2)CC1. The highest BCUT2D eigenvalue weighted by molar-refractivity contribution is 5.92. The summed E-state index contributed by atoms with van der Waals surface area (Å²) in [4.78, 5) is 53.5. The van der Waals surface area contributed by atoms with Gasteiger partial charge in [0.25, 0.3) is 0 Å². The Morgan fingerprint density at radius 2 is 1.53 bits per heavy atom. The molecule has 0 radical (unpaired) electrons. The first-order valence-electron chi connectivity index (χ1n) is 17.6. The Morgan fingerprint density at radius 1 is 0.851 bits per heavy atom. The molecule has 0 aliphatic carbocycles. The summed E-state index contributed by atoms with van der Waals surface area (Å²) in [6, 6.07) is 16.5. The Balaban J connectivity index is 1.01. The van der Waals surface area contributed by atoms with E-state index in [0.717, 1.165) is 72.3 Å². The second-order valence-electron chi connectivity index (χ2n) is 14.2. The van der Waals surface area contributed by atoms with Crippen LogP contribution in [0.1, 0.15) is 56.1 Å². The number of aromatic nitrogens is 1. The molecule has 3 saturated heterocycles. The molecular formula is C38H48N6O3. The summed E-state index contributed by atoms with van der Waals surface area (Å²) < 4.78 is 0. The number of nitrogens with one attached hydrogen (secondary N) is 1. The van der Waals surface area contributed by atoms with Gasteiger partial charge in [-0.1, -0.05) is 42.5 Å². The van der Waals surface area contributed by atoms with E-state index in [9.17, 15) is 14.4 Å². The fourth-order valence-corrected chi connectivity index (χ4v) is 8.51. The molecule has 4 aliphatic heterocycles. The Labute approximate surface area is 278 Å². The highest BCUT2D eigenvalue weighted by atomic mass is 16.2. The number of benzene rings is 2. The van der Waals surface area contributed by atoms with Crippen molar-refractivity contribution in [3.63, 3.8) is 0 Å². The lowest BCUT2D eigenvalue weighted by atomic mass is 9.78. The van der Waals surface area contributed by atoms with Crippen LogP contribution in [-0.2, 0) is 22.6 Å². The number of urea groups is 1. The maximum atomic E-state index is 14.3. The van der Waals surface area contributed by atoms with Crippen molar-refractivity contribution in [1.82, 2.24) is 24.6 Å². The van der Waals surface area contributed by atoms with Crippen molar-refractivity contribution < 1.29 is 14.4 Å². The summed E-state index contributed by atoms with van der Waals surface area (Å²) in [5.41, 5.74) is 2.96. The van der Waals surface area contributed by atoms with Crippen LogP contribution in [0, 0.1) is 17.8 Å². The van der Waals surface area contributed by atoms with Gasteiger partial charge in [0, 0.05) is 51.4 Å². The molecule has 7 rings (SSSR count). The van der Waals surface area contributed by atoms with E-state index >= 15 is 0 Å². The third-order valence-corrected chi connectivity index (χ3v) is 11.4. The number of piperidine rings is 3. The van der Waals surface area contributed by atoms with Crippen LogP contribution in [0.3, 0.4) is 0 Å². The number of carbonyl (C=O) groups excluding carboxylic acids is 3. The molecule has 3 fully saturated rings. The molecule has 0 saturated carbocycles. The Kier molecular flexibility index (Phi) is 9.43. The number of likely N-dealkylation sites (tertiary alicyclic amines) is 3. The number of anilines is 1. The van der Waals surface area contributed by atoms with Gasteiger partial charge in [0.05, 0.1) is 17.8 Å². The highest BCUT2D eigenvalue weighted by Crippen LogP contribution is 2.34. The highest BCUT2D eigenvalue weighted by Gasteiger charge is 2.36. The van der Waals surface area contributed by atoms with Gasteiger partial charge in [0.1, 0.15) is 0 Å². The molecule has 1 unspecified atom stereocenters. The normalized spacial score (nSPS) is 21.0. The van der Waals surface area contributed by atoms with E-state index in [1.807, 2.05) is 28.0 Å². The summed E-state index contributed by atoms with van der Waals surface area (Å²) in [6.07, 6.45) is 10.3. The number of hydrogen-bond acceptors (Lipinski definition) is 5. The van der Waals surface area contributed by atoms with E-state index in [2.05, 4.69) is 57.5 Å². The van der Waals surface area contributed by atoms with E-state index < -0.39 is 5.92 Å². The molecule has 3 aromatic rings. The second kappa shape index (κ2) is 14.0. The summed E-state index contributed by atoms with van der Waals surface area (Å²) >= 11 is 0. The molecular weight excluding hydrogens is 588 g/mol. The largest absolute Gasteiger partial charge is 0.343 e. The molecule has 0 bridgehead atoms. The Morgan fingerprint density at radius 3 is 2.30 bits per heavy atom. The van der Waals surface area contributed by atoms with Crippen LogP contribution in [0.15, 0.2) is 60.9 Å². The van der Waals surface area contributed by atoms with Gasteiger partial charge >= 0.3 is 6.03 Å². The van der Waals surface area contributed by atoms with E-state index in [1.165, 1.54) is 25.9 Å². The fraction of sp³-hybridized carbons (Fsp3) is 0.526. The van der Waals surface area contributed by atoms with Crippen molar-refractivity contribution in [3.05, 3.63) is 72.1 Å². The molecule has 47 heavy (non-hydrogen) atoms. The zero-order chi connectivity index (χ0) is 32.3. The van der Waals surface area contributed by atoms with E-state index in [-0.39, 0.29) is 30.3 Å². The van der Waals surface area contributed by atoms with Crippen LogP contribution < -0.4 is 5.32 Å². The maximum absolute atomic E-state index is 14.3. The fourth-order valence-electron chi connectivity index (χ4n) is 8.51. The Hall–Kier alpha value is -3.98. The molecule has 4 amide bonds. The van der Waals surface area contributed by atoms with E-state index in [0.29, 0.717) is 32.0 Å². The maximum Gasteiger partial charge on any atom is 0.322 e. The van der Waals surface area contributed by atoms with Gasteiger partial charge in [-0.15, -0.1) is 0 Å². The Bertz CT molecular complexity index is 1580. The average molecular weight is 637 g/mol.